The molecule has 0 aliphatic carbocycles. The zero-order valence-corrected chi connectivity index (χ0v) is 9.99. The summed E-state index contributed by atoms with van der Waals surface area (Å²) in [6.45, 7) is 0. The van der Waals surface area contributed by atoms with Crippen LogP contribution in [0.1, 0.15) is 16.1 Å². The number of methoxy groups -OCH3 is 1. The highest BCUT2D eigenvalue weighted by molar-refractivity contribution is 6.19. The maximum atomic E-state index is 11.3. The fourth-order valence-corrected chi connectivity index (χ4v) is 1.66. The number of alkyl halides is 1. The molecule has 0 amide bonds. The number of allylic oxidation sites excluding steroid dienone is 1. The molecule has 1 N–H and O–H groups in total. The van der Waals surface area contributed by atoms with E-state index in [0.717, 1.165) is 16.6 Å². The van der Waals surface area contributed by atoms with E-state index in [1.54, 1.807) is 12.1 Å². The lowest BCUT2D eigenvalue weighted by atomic mass is 10.1. The first-order chi connectivity index (χ1) is 8.26. The molecule has 0 aliphatic rings. The van der Waals surface area contributed by atoms with Gasteiger partial charge in [-0.25, -0.2) is 4.79 Å². The van der Waals surface area contributed by atoms with E-state index in [-0.39, 0.29) is 5.97 Å². The number of aromatic amines is 1. The molecule has 0 fully saturated rings. The van der Waals surface area contributed by atoms with Crippen molar-refractivity contribution < 1.29 is 9.53 Å². The van der Waals surface area contributed by atoms with Crippen molar-refractivity contribution >= 4 is 34.5 Å². The van der Waals surface area contributed by atoms with E-state index < -0.39 is 0 Å². The standard InChI is InChI=1S/C12H11ClN2O2/c1-17-12(16)8-4-5-9-10(3-2-6-13)14-15-11(9)7-8/h2-5,7H,6H2,1H3,(H,14,15). The van der Waals surface area contributed by atoms with Gasteiger partial charge in [0, 0.05) is 11.3 Å². The van der Waals surface area contributed by atoms with Gasteiger partial charge in [-0.3, -0.25) is 5.10 Å². The second kappa shape index (κ2) is 5.01. The molecule has 0 saturated heterocycles. The smallest absolute Gasteiger partial charge is 0.337 e. The van der Waals surface area contributed by atoms with Crippen LogP contribution in [0.2, 0.25) is 0 Å². The predicted molar refractivity (Wildman–Crippen MR) is 67.2 cm³/mol. The summed E-state index contributed by atoms with van der Waals surface area (Å²) in [5, 5.41) is 7.94. The number of aromatic nitrogens is 2. The fraction of sp³-hybridized carbons (Fsp3) is 0.167. The monoisotopic (exact) mass is 250 g/mol. The van der Waals surface area contributed by atoms with Gasteiger partial charge in [-0.2, -0.15) is 5.10 Å². The molecule has 0 bridgehead atoms. The molecule has 1 aromatic heterocycles. The average Bonchev–Trinajstić information content (AvgIpc) is 2.77. The summed E-state index contributed by atoms with van der Waals surface area (Å²) in [6.07, 6.45) is 3.65. The van der Waals surface area contributed by atoms with Gasteiger partial charge in [0.05, 0.1) is 23.9 Å². The number of esters is 1. The zero-order chi connectivity index (χ0) is 12.3. The van der Waals surface area contributed by atoms with Crippen LogP contribution in [0.25, 0.3) is 17.0 Å². The van der Waals surface area contributed by atoms with Crippen LogP contribution in [0.4, 0.5) is 0 Å². The summed E-state index contributed by atoms with van der Waals surface area (Å²) in [6, 6.07) is 5.26. The number of hydrogen-bond donors (Lipinski definition) is 1. The van der Waals surface area contributed by atoms with Crippen molar-refractivity contribution in [1.29, 1.82) is 0 Å². The Hall–Kier alpha value is -1.81. The van der Waals surface area contributed by atoms with Crippen LogP contribution in [-0.4, -0.2) is 29.2 Å². The van der Waals surface area contributed by atoms with Gasteiger partial charge >= 0.3 is 5.97 Å². The normalized spacial score (nSPS) is 11.2. The third-order valence-corrected chi connectivity index (χ3v) is 2.56. The second-order valence-corrected chi connectivity index (χ2v) is 3.73. The summed E-state index contributed by atoms with van der Waals surface area (Å²) in [5.74, 6) is 0.0774. The average molecular weight is 251 g/mol. The van der Waals surface area contributed by atoms with Crippen molar-refractivity contribution in [2.75, 3.05) is 13.0 Å². The van der Waals surface area contributed by atoms with Crippen molar-refractivity contribution in [2.45, 2.75) is 0 Å². The lowest BCUT2D eigenvalue weighted by Crippen LogP contribution is -2.00. The maximum Gasteiger partial charge on any atom is 0.337 e. The van der Waals surface area contributed by atoms with Crippen molar-refractivity contribution in [1.82, 2.24) is 10.2 Å². The summed E-state index contributed by atoms with van der Waals surface area (Å²) < 4.78 is 4.65. The van der Waals surface area contributed by atoms with Gasteiger partial charge in [0.1, 0.15) is 0 Å². The van der Waals surface area contributed by atoms with E-state index in [2.05, 4.69) is 14.9 Å². The first-order valence-corrected chi connectivity index (χ1v) is 5.58. The van der Waals surface area contributed by atoms with E-state index in [0.29, 0.717) is 11.4 Å². The number of carbonyl (C=O) groups is 1. The third kappa shape index (κ3) is 2.31. The first kappa shape index (κ1) is 11.7. The highest BCUT2D eigenvalue weighted by Crippen LogP contribution is 2.19. The zero-order valence-electron chi connectivity index (χ0n) is 9.24. The van der Waals surface area contributed by atoms with E-state index in [4.69, 9.17) is 11.6 Å². The van der Waals surface area contributed by atoms with Gasteiger partial charge in [-0.05, 0) is 24.3 Å². The number of carbonyl (C=O) groups excluding carboxylic acids is 1. The van der Waals surface area contributed by atoms with Crippen LogP contribution in [-0.2, 0) is 4.74 Å². The van der Waals surface area contributed by atoms with Crippen molar-refractivity contribution in [3.63, 3.8) is 0 Å². The van der Waals surface area contributed by atoms with Crippen LogP contribution >= 0.6 is 11.6 Å². The topological polar surface area (TPSA) is 55.0 Å². The van der Waals surface area contributed by atoms with Crippen LogP contribution in [0.3, 0.4) is 0 Å². The molecule has 17 heavy (non-hydrogen) atoms. The number of nitrogens with zero attached hydrogens (tertiary/aromatic N) is 1. The maximum absolute atomic E-state index is 11.3. The SMILES string of the molecule is COC(=O)c1ccc2c(C=CCCl)n[nH]c2c1. The quantitative estimate of drug-likeness (QED) is 0.673. The Morgan fingerprint density at radius 3 is 3.12 bits per heavy atom. The molecular weight excluding hydrogens is 240 g/mol. The minimum atomic E-state index is -0.362. The molecular formula is C12H11ClN2O2. The van der Waals surface area contributed by atoms with Gasteiger partial charge in [0.25, 0.3) is 0 Å². The highest BCUT2D eigenvalue weighted by Gasteiger charge is 2.08. The Balaban J connectivity index is 2.44. The van der Waals surface area contributed by atoms with Crippen molar-refractivity contribution in [2.24, 2.45) is 0 Å². The third-order valence-electron chi connectivity index (χ3n) is 2.38. The van der Waals surface area contributed by atoms with E-state index in [1.165, 1.54) is 7.11 Å². The van der Waals surface area contributed by atoms with Crippen LogP contribution < -0.4 is 0 Å². The molecule has 88 valence electrons. The van der Waals surface area contributed by atoms with Crippen LogP contribution in [0.15, 0.2) is 24.3 Å². The van der Waals surface area contributed by atoms with E-state index in [1.807, 2.05) is 18.2 Å². The lowest BCUT2D eigenvalue weighted by Gasteiger charge is -1.98. The molecule has 0 spiro atoms. The summed E-state index contributed by atoms with van der Waals surface area (Å²) in [7, 11) is 1.36. The molecule has 1 aromatic carbocycles. The number of nitrogens with one attached hydrogen (secondary N) is 1. The van der Waals surface area contributed by atoms with Crippen molar-refractivity contribution in [3.8, 4) is 0 Å². The summed E-state index contributed by atoms with van der Waals surface area (Å²) in [5.41, 5.74) is 2.09. The minimum Gasteiger partial charge on any atom is -0.465 e. The van der Waals surface area contributed by atoms with Crippen LogP contribution in [0.5, 0.6) is 0 Å². The highest BCUT2D eigenvalue weighted by atomic mass is 35.5. The lowest BCUT2D eigenvalue weighted by molar-refractivity contribution is 0.0601. The molecule has 0 radical (unpaired) electrons. The molecule has 4 nitrogen and oxygen atoms in total. The second-order valence-electron chi connectivity index (χ2n) is 3.42. The predicted octanol–water partition coefficient (Wildman–Crippen LogP) is 2.60. The fourth-order valence-electron chi connectivity index (χ4n) is 1.57. The molecule has 0 aliphatic heterocycles. The van der Waals surface area contributed by atoms with Gasteiger partial charge in [-0.15, -0.1) is 11.6 Å². The molecule has 0 atom stereocenters. The molecule has 2 aromatic rings. The van der Waals surface area contributed by atoms with Crippen molar-refractivity contribution in [3.05, 3.63) is 35.5 Å². The Bertz CT molecular complexity index is 575. The van der Waals surface area contributed by atoms with E-state index >= 15 is 0 Å². The number of hydrogen-bond acceptors (Lipinski definition) is 3. The van der Waals surface area contributed by atoms with Crippen LogP contribution in [0, 0.1) is 0 Å². The number of fused-ring (bicyclic) bond motifs is 1. The summed E-state index contributed by atoms with van der Waals surface area (Å²) in [4.78, 5) is 11.3. The number of halogens is 1. The molecule has 2 rings (SSSR count). The summed E-state index contributed by atoms with van der Waals surface area (Å²) >= 11 is 5.57. The molecule has 0 unspecified atom stereocenters. The molecule has 5 heteroatoms. The van der Waals surface area contributed by atoms with E-state index in [9.17, 15) is 4.79 Å². The number of H-pyrrole nitrogens is 1. The first-order valence-electron chi connectivity index (χ1n) is 5.05. The van der Waals surface area contributed by atoms with Gasteiger partial charge in [0.2, 0.25) is 0 Å². The Morgan fingerprint density at radius 1 is 1.59 bits per heavy atom. The van der Waals surface area contributed by atoms with Gasteiger partial charge < -0.3 is 4.74 Å². The minimum absolute atomic E-state index is 0.362. The Kier molecular flexibility index (Phi) is 3.44. The molecule has 1 heterocycles. The largest absolute Gasteiger partial charge is 0.465 e. The van der Waals surface area contributed by atoms with Gasteiger partial charge in [0.15, 0.2) is 0 Å². The molecule has 0 saturated carbocycles. The van der Waals surface area contributed by atoms with Gasteiger partial charge in [-0.1, -0.05) is 6.08 Å². The number of rotatable bonds is 3. The number of benzene rings is 1. The number of ether oxygens (including phenoxy) is 1. The Morgan fingerprint density at radius 2 is 2.41 bits per heavy atom. The Labute approximate surface area is 103 Å².